The van der Waals surface area contributed by atoms with Gasteiger partial charge in [0.1, 0.15) is 5.69 Å². The van der Waals surface area contributed by atoms with E-state index in [4.69, 9.17) is 5.11 Å². The zero-order chi connectivity index (χ0) is 11.3. The van der Waals surface area contributed by atoms with Crippen LogP contribution in [0, 0.1) is 5.92 Å². The summed E-state index contributed by atoms with van der Waals surface area (Å²) in [5.74, 6) is 0.668. The third-order valence-corrected chi connectivity index (χ3v) is 2.46. The molecule has 0 saturated carbocycles. The molecule has 0 radical (unpaired) electrons. The van der Waals surface area contributed by atoms with Crippen LogP contribution in [0.4, 0.5) is 0 Å². The van der Waals surface area contributed by atoms with Gasteiger partial charge in [0, 0.05) is 6.54 Å². The highest BCUT2D eigenvalue weighted by Gasteiger charge is 2.11. The molecular weight excluding hydrogens is 190 g/mol. The fraction of sp³-hybridized carbons (Fsp3) is 0.818. The van der Waals surface area contributed by atoms with Gasteiger partial charge >= 0.3 is 0 Å². The van der Waals surface area contributed by atoms with E-state index in [1.807, 2.05) is 4.68 Å². The highest BCUT2D eigenvalue weighted by molar-refractivity contribution is 5.09. The summed E-state index contributed by atoms with van der Waals surface area (Å²) in [6.07, 6.45) is 3.12. The van der Waals surface area contributed by atoms with Crippen molar-refractivity contribution in [2.24, 2.45) is 5.92 Å². The molecule has 1 heterocycles. The van der Waals surface area contributed by atoms with Gasteiger partial charge in [0.25, 0.3) is 0 Å². The Bertz CT molecular complexity index is 294. The standard InChI is InChI=1S/C11H21N3O/c1-4-7-14-11(6-5-9(2)3)10(8-15)12-13-14/h9,15H,4-8H2,1-3H3. The average Bonchev–Trinajstić information content (AvgIpc) is 2.58. The van der Waals surface area contributed by atoms with Crippen molar-refractivity contribution < 1.29 is 5.11 Å². The van der Waals surface area contributed by atoms with E-state index in [1.54, 1.807) is 0 Å². The minimum Gasteiger partial charge on any atom is -0.390 e. The van der Waals surface area contributed by atoms with Gasteiger partial charge in [0.05, 0.1) is 12.3 Å². The monoisotopic (exact) mass is 211 g/mol. The van der Waals surface area contributed by atoms with Crippen LogP contribution >= 0.6 is 0 Å². The van der Waals surface area contributed by atoms with Crippen LogP contribution in [-0.2, 0) is 19.6 Å². The van der Waals surface area contributed by atoms with Crippen molar-refractivity contribution in [1.82, 2.24) is 15.0 Å². The van der Waals surface area contributed by atoms with E-state index in [9.17, 15) is 0 Å². The number of aryl methyl sites for hydroxylation is 1. The zero-order valence-corrected chi connectivity index (χ0v) is 9.90. The summed E-state index contributed by atoms with van der Waals surface area (Å²) in [6.45, 7) is 7.41. The number of hydrogen-bond donors (Lipinski definition) is 1. The molecule has 0 aliphatic heterocycles. The summed E-state index contributed by atoms with van der Waals surface area (Å²) in [5.41, 5.74) is 1.84. The maximum Gasteiger partial charge on any atom is 0.111 e. The first-order valence-corrected chi connectivity index (χ1v) is 5.71. The summed E-state index contributed by atoms with van der Waals surface area (Å²) >= 11 is 0. The maximum atomic E-state index is 9.15. The lowest BCUT2D eigenvalue weighted by atomic mass is 10.1. The molecule has 0 amide bonds. The summed E-state index contributed by atoms with van der Waals surface area (Å²) in [7, 11) is 0. The van der Waals surface area contributed by atoms with Crippen molar-refractivity contribution in [3.05, 3.63) is 11.4 Å². The minimum atomic E-state index is -0.00283. The summed E-state index contributed by atoms with van der Waals surface area (Å²) in [4.78, 5) is 0. The third-order valence-electron chi connectivity index (χ3n) is 2.46. The summed E-state index contributed by atoms with van der Waals surface area (Å²) in [6, 6.07) is 0. The van der Waals surface area contributed by atoms with Gasteiger partial charge in [0.2, 0.25) is 0 Å². The van der Waals surface area contributed by atoms with Crippen LogP contribution in [0.2, 0.25) is 0 Å². The van der Waals surface area contributed by atoms with Crippen LogP contribution in [0.1, 0.15) is 45.0 Å². The van der Waals surface area contributed by atoms with Gasteiger partial charge in [-0.15, -0.1) is 5.10 Å². The van der Waals surface area contributed by atoms with Crippen LogP contribution in [-0.4, -0.2) is 20.1 Å². The largest absolute Gasteiger partial charge is 0.390 e. The van der Waals surface area contributed by atoms with E-state index < -0.39 is 0 Å². The summed E-state index contributed by atoms with van der Waals surface area (Å²) < 4.78 is 1.92. The Kier molecular flexibility index (Phi) is 4.75. The number of aliphatic hydroxyl groups is 1. The predicted molar refractivity (Wildman–Crippen MR) is 59.4 cm³/mol. The molecule has 0 aliphatic carbocycles. The molecule has 0 aromatic carbocycles. The van der Waals surface area contributed by atoms with E-state index in [1.165, 1.54) is 0 Å². The molecule has 1 rings (SSSR count). The molecule has 15 heavy (non-hydrogen) atoms. The molecule has 4 heteroatoms. The molecule has 0 spiro atoms. The molecule has 0 fully saturated rings. The second-order valence-corrected chi connectivity index (χ2v) is 4.30. The third kappa shape index (κ3) is 3.30. The number of aliphatic hydroxyl groups excluding tert-OH is 1. The van der Waals surface area contributed by atoms with Gasteiger partial charge in [-0.3, -0.25) is 0 Å². The molecule has 0 saturated heterocycles. The molecule has 1 N–H and O–H groups in total. The van der Waals surface area contributed by atoms with Crippen molar-refractivity contribution >= 4 is 0 Å². The number of rotatable bonds is 6. The highest BCUT2D eigenvalue weighted by atomic mass is 16.3. The molecule has 0 bridgehead atoms. The minimum absolute atomic E-state index is 0.00283. The van der Waals surface area contributed by atoms with Crippen molar-refractivity contribution in [3.8, 4) is 0 Å². The fourth-order valence-corrected chi connectivity index (χ4v) is 1.58. The zero-order valence-electron chi connectivity index (χ0n) is 9.90. The first kappa shape index (κ1) is 12.2. The van der Waals surface area contributed by atoms with E-state index in [2.05, 4.69) is 31.1 Å². The van der Waals surface area contributed by atoms with Crippen LogP contribution in [0.15, 0.2) is 0 Å². The van der Waals surface area contributed by atoms with Crippen molar-refractivity contribution in [3.63, 3.8) is 0 Å². The van der Waals surface area contributed by atoms with E-state index >= 15 is 0 Å². The Hall–Kier alpha value is -0.900. The lowest BCUT2D eigenvalue weighted by molar-refractivity contribution is 0.275. The van der Waals surface area contributed by atoms with Gasteiger partial charge in [-0.25, -0.2) is 4.68 Å². The van der Waals surface area contributed by atoms with Gasteiger partial charge in [-0.2, -0.15) is 0 Å². The Morgan fingerprint density at radius 2 is 2.13 bits per heavy atom. The fourth-order valence-electron chi connectivity index (χ4n) is 1.58. The Morgan fingerprint density at radius 3 is 2.67 bits per heavy atom. The van der Waals surface area contributed by atoms with Gasteiger partial charge < -0.3 is 5.11 Å². The predicted octanol–water partition coefficient (Wildman–Crippen LogP) is 1.77. The number of hydrogen-bond acceptors (Lipinski definition) is 3. The first-order chi connectivity index (χ1) is 7.19. The second-order valence-electron chi connectivity index (χ2n) is 4.30. The van der Waals surface area contributed by atoms with Gasteiger partial charge in [0.15, 0.2) is 0 Å². The molecule has 1 aromatic rings. The van der Waals surface area contributed by atoms with Gasteiger partial charge in [-0.05, 0) is 25.2 Å². The van der Waals surface area contributed by atoms with Crippen LogP contribution in [0.3, 0.4) is 0 Å². The van der Waals surface area contributed by atoms with Crippen molar-refractivity contribution in [1.29, 1.82) is 0 Å². The van der Waals surface area contributed by atoms with Gasteiger partial charge in [-0.1, -0.05) is 26.0 Å². The second kappa shape index (κ2) is 5.85. The number of nitrogens with zero attached hydrogens (tertiary/aromatic N) is 3. The Labute approximate surface area is 91.3 Å². The Morgan fingerprint density at radius 1 is 1.40 bits per heavy atom. The van der Waals surface area contributed by atoms with E-state index in [-0.39, 0.29) is 6.61 Å². The lowest BCUT2D eigenvalue weighted by Gasteiger charge is -2.08. The lowest BCUT2D eigenvalue weighted by Crippen LogP contribution is -2.07. The molecule has 0 atom stereocenters. The smallest absolute Gasteiger partial charge is 0.111 e. The number of aromatic nitrogens is 3. The Balaban J connectivity index is 2.75. The maximum absolute atomic E-state index is 9.15. The molecular formula is C11H21N3O. The highest BCUT2D eigenvalue weighted by Crippen LogP contribution is 2.12. The first-order valence-electron chi connectivity index (χ1n) is 5.71. The van der Waals surface area contributed by atoms with Crippen molar-refractivity contribution in [2.45, 2.75) is 53.2 Å². The van der Waals surface area contributed by atoms with Crippen molar-refractivity contribution in [2.75, 3.05) is 0 Å². The topological polar surface area (TPSA) is 50.9 Å². The van der Waals surface area contributed by atoms with Crippen LogP contribution < -0.4 is 0 Å². The quantitative estimate of drug-likeness (QED) is 0.780. The summed E-state index contributed by atoms with van der Waals surface area (Å²) in [5, 5.41) is 17.2. The molecule has 86 valence electrons. The molecule has 0 unspecified atom stereocenters. The molecule has 0 aliphatic rings. The van der Waals surface area contributed by atoms with Crippen LogP contribution in [0.5, 0.6) is 0 Å². The molecule has 1 aromatic heterocycles. The molecule has 4 nitrogen and oxygen atoms in total. The SMILES string of the molecule is CCCn1nnc(CO)c1CCC(C)C. The van der Waals surface area contributed by atoms with E-state index in [0.717, 1.165) is 37.2 Å². The van der Waals surface area contributed by atoms with Crippen LogP contribution in [0.25, 0.3) is 0 Å². The normalized spacial score (nSPS) is 11.3. The average molecular weight is 211 g/mol. The van der Waals surface area contributed by atoms with E-state index in [0.29, 0.717) is 5.92 Å².